The molecule has 0 saturated carbocycles. The first-order valence-corrected chi connectivity index (χ1v) is 11.2. The molecule has 6 heteroatoms. The lowest BCUT2D eigenvalue weighted by Crippen LogP contribution is -2.39. The molecule has 0 spiro atoms. The Morgan fingerprint density at radius 3 is 2.27 bits per heavy atom. The van der Waals surface area contributed by atoms with Crippen molar-refractivity contribution in [2.24, 2.45) is 0 Å². The summed E-state index contributed by atoms with van der Waals surface area (Å²) in [5.41, 5.74) is 4.82. The second-order valence-corrected chi connectivity index (χ2v) is 8.68. The average molecular weight is 417 g/mol. The van der Waals surface area contributed by atoms with E-state index in [1.54, 1.807) is 24.5 Å². The Hall–Kier alpha value is -3.11. The van der Waals surface area contributed by atoms with Crippen molar-refractivity contribution >= 4 is 12.9 Å². The van der Waals surface area contributed by atoms with E-state index >= 15 is 0 Å². The van der Waals surface area contributed by atoms with Crippen LogP contribution in [-0.2, 0) is 17.5 Å². The van der Waals surface area contributed by atoms with E-state index < -0.39 is 7.60 Å². The predicted octanol–water partition coefficient (Wildman–Crippen LogP) is 3.48. The van der Waals surface area contributed by atoms with Crippen LogP contribution in [0, 0.1) is 0 Å². The van der Waals surface area contributed by atoms with Gasteiger partial charge in [0.25, 0.3) is 0 Å². The highest BCUT2D eigenvalue weighted by Crippen LogP contribution is 2.35. The van der Waals surface area contributed by atoms with E-state index in [1.165, 1.54) is 6.07 Å². The Balaban J connectivity index is 1.78. The fraction of sp³-hybridized carbons (Fsp3) is 0.0833. The maximum atomic E-state index is 12.0. The highest BCUT2D eigenvalue weighted by atomic mass is 31.2. The first-order valence-electron chi connectivity index (χ1n) is 9.61. The zero-order chi connectivity index (χ0) is 21.0. The molecule has 2 N–H and O–H groups in total. The maximum Gasteiger partial charge on any atom is 0.356 e. The summed E-state index contributed by atoms with van der Waals surface area (Å²) in [6.07, 6.45) is 5.94. The fourth-order valence-electron chi connectivity index (χ4n) is 3.53. The summed E-state index contributed by atoms with van der Waals surface area (Å²) in [5, 5.41) is 0.0746. The molecule has 0 bridgehead atoms. The second-order valence-electron chi connectivity index (χ2n) is 7.11. The molecule has 150 valence electrons. The topological polar surface area (TPSA) is 74.3 Å². The summed E-state index contributed by atoms with van der Waals surface area (Å²) >= 11 is 0. The SMILES string of the molecule is O=P(O)(O)c1ccccc1Cc1cc(-c2ccncc2)cc[n+]1Cc1ccccc1. The van der Waals surface area contributed by atoms with Crippen molar-refractivity contribution in [1.82, 2.24) is 4.98 Å². The highest BCUT2D eigenvalue weighted by Gasteiger charge is 2.23. The van der Waals surface area contributed by atoms with E-state index in [1.807, 2.05) is 42.6 Å². The van der Waals surface area contributed by atoms with Crippen molar-refractivity contribution < 1.29 is 18.9 Å². The molecule has 0 saturated heterocycles. The van der Waals surface area contributed by atoms with Crippen LogP contribution in [0.4, 0.5) is 0 Å². The molecule has 2 aromatic carbocycles. The predicted molar refractivity (Wildman–Crippen MR) is 116 cm³/mol. The Labute approximate surface area is 175 Å². The van der Waals surface area contributed by atoms with Gasteiger partial charge in [-0.2, -0.15) is 4.57 Å². The minimum Gasteiger partial charge on any atom is -0.321 e. The van der Waals surface area contributed by atoms with Gasteiger partial charge < -0.3 is 9.79 Å². The highest BCUT2D eigenvalue weighted by molar-refractivity contribution is 7.60. The second kappa shape index (κ2) is 8.72. The largest absolute Gasteiger partial charge is 0.356 e. The van der Waals surface area contributed by atoms with Crippen molar-refractivity contribution in [2.75, 3.05) is 0 Å². The minimum absolute atomic E-state index is 0.0746. The van der Waals surface area contributed by atoms with Crippen molar-refractivity contribution in [3.63, 3.8) is 0 Å². The minimum atomic E-state index is -4.36. The summed E-state index contributed by atoms with van der Waals surface area (Å²) in [6, 6.07) is 24.9. The van der Waals surface area contributed by atoms with Crippen LogP contribution < -0.4 is 9.87 Å². The third kappa shape index (κ3) is 4.71. The van der Waals surface area contributed by atoms with Gasteiger partial charge in [0.05, 0.1) is 11.7 Å². The van der Waals surface area contributed by atoms with E-state index in [9.17, 15) is 14.4 Å². The molecular formula is C24H22N2O3P+. The van der Waals surface area contributed by atoms with Crippen LogP contribution in [0.25, 0.3) is 11.1 Å². The molecule has 0 amide bonds. The lowest BCUT2D eigenvalue weighted by atomic mass is 10.0. The van der Waals surface area contributed by atoms with Gasteiger partial charge in [-0.3, -0.25) is 9.55 Å². The molecule has 30 heavy (non-hydrogen) atoms. The quantitative estimate of drug-likeness (QED) is 0.372. The van der Waals surface area contributed by atoms with Gasteiger partial charge in [0, 0.05) is 30.1 Å². The van der Waals surface area contributed by atoms with Gasteiger partial charge in [-0.25, -0.2) is 0 Å². The van der Waals surface area contributed by atoms with Gasteiger partial charge in [-0.1, -0.05) is 48.5 Å². The lowest BCUT2D eigenvalue weighted by molar-refractivity contribution is -0.695. The number of benzene rings is 2. The third-order valence-corrected chi connectivity index (χ3v) is 6.08. The van der Waals surface area contributed by atoms with E-state index in [-0.39, 0.29) is 5.30 Å². The smallest absolute Gasteiger partial charge is 0.321 e. The van der Waals surface area contributed by atoms with E-state index in [2.05, 4.69) is 33.8 Å². The fourth-order valence-corrected chi connectivity index (χ4v) is 4.34. The molecule has 0 fully saturated rings. The van der Waals surface area contributed by atoms with Gasteiger partial charge in [0.1, 0.15) is 0 Å². The van der Waals surface area contributed by atoms with Crippen LogP contribution in [0.2, 0.25) is 0 Å². The Morgan fingerprint density at radius 1 is 0.833 bits per heavy atom. The van der Waals surface area contributed by atoms with Crippen molar-refractivity contribution in [2.45, 2.75) is 13.0 Å². The molecule has 2 aromatic heterocycles. The summed E-state index contributed by atoms with van der Waals surface area (Å²) in [5.74, 6) is 0. The van der Waals surface area contributed by atoms with Crippen LogP contribution in [0.1, 0.15) is 16.8 Å². The summed E-state index contributed by atoms with van der Waals surface area (Å²) < 4.78 is 14.1. The number of aromatic nitrogens is 2. The van der Waals surface area contributed by atoms with E-state index in [0.29, 0.717) is 18.5 Å². The summed E-state index contributed by atoms with van der Waals surface area (Å²) in [7, 11) is -4.36. The standard InChI is InChI=1S/C24H21N2O3P/c27-30(28,29)24-9-5-4-8-22(24)17-23-16-21(20-10-13-25-14-11-20)12-15-26(23)18-19-6-2-1-3-7-19/h1-16H,17-18H2,(H-,27,28,29)/p+1. The van der Waals surface area contributed by atoms with E-state index in [4.69, 9.17) is 0 Å². The van der Waals surface area contributed by atoms with Crippen LogP contribution in [0.3, 0.4) is 0 Å². The van der Waals surface area contributed by atoms with Gasteiger partial charge in [0.2, 0.25) is 0 Å². The Bertz CT molecular complexity index is 1190. The van der Waals surface area contributed by atoms with E-state index in [0.717, 1.165) is 22.4 Å². The van der Waals surface area contributed by atoms with Crippen LogP contribution >= 0.6 is 7.60 Å². The zero-order valence-electron chi connectivity index (χ0n) is 16.3. The van der Waals surface area contributed by atoms with Gasteiger partial charge in [0.15, 0.2) is 18.4 Å². The van der Waals surface area contributed by atoms with Crippen molar-refractivity contribution in [1.29, 1.82) is 0 Å². The van der Waals surface area contributed by atoms with Crippen LogP contribution in [-0.4, -0.2) is 14.8 Å². The van der Waals surface area contributed by atoms with Gasteiger partial charge >= 0.3 is 7.60 Å². The molecule has 5 nitrogen and oxygen atoms in total. The molecule has 4 aromatic rings. The first kappa shape index (κ1) is 20.2. The Kier molecular flexibility index (Phi) is 5.86. The van der Waals surface area contributed by atoms with Crippen LogP contribution in [0.5, 0.6) is 0 Å². The molecule has 0 aliphatic rings. The first-order chi connectivity index (χ1) is 14.5. The molecule has 0 aliphatic carbocycles. The van der Waals surface area contributed by atoms with Gasteiger partial charge in [-0.05, 0) is 34.9 Å². The molecule has 2 heterocycles. The molecule has 4 rings (SSSR count). The third-order valence-electron chi connectivity index (χ3n) is 5.01. The Morgan fingerprint density at radius 2 is 1.53 bits per heavy atom. The zero-order valence-corrected chi connectivity index (χ0v) is 17.2. The number of pyridine rings is 2. The number of hydrogen-bond donors (Lipinski definition) is 2. The lowest BCUT2D eigenvalue weighted by Gasteiger charge is -2.12. The van der Waals surface area contributed by atoms with Crippen LogP contribution in [0.15, 0.2) is 97.5 Å². The molecule has 0 atom stereocenters. The number of rotatable bonds is 6. The molecular weight excluding hydrogens is 395 g/mol. The number of hydrogen-bond acceptors (Lipinski definition) is 2. The summed E-state index contributed by atoms with van der Waals surface area (Å²) in [6.45, 7) is 0.672. The number of nitrogens with zero attached hydrogens (tertiary/aromatic N) is 2. The normalized spacial score (nSPS) is 11.4. The monoisotopic (exact) mass is 417 g/mol. The van der Waals surface area contributed by atoms with Crippen molar-refractivity contribution in [3.05, 3.63) is 114 Å². The maximum absolute atomic E-state index is 12.0. The molecule has 0 unspecified atom stereocenters. The molecule has 0 radical (unpaired) electrons. The molecule has 0 aliphatic heterocycles. The average Bonchev–Trinajstić information content (AvgIpc) is 2.76. The van der Waals surface area contributed by atoms with Gasteiger partial charge in [-0.15, -0.1) is 0 Å². The van der Waals surface area contributed by atoms with Crippen molar-refractivity contribution in [3.8, 4) is 11.1 Å². The summed E-state index contributed by atoms with van der Waals surface area (Å²) in [4.78, 5) is 23.6.